The van der Waals surface area contributed by atoms with Crippen molar-refractivity contribution in [3.05, 3.63) is 23.5 Å². The lowest BCUT2D eigenvalue weighted by molar-refractivity contribution is -0.139. The summed E-state index contributed by atoms with van der Waals surface area (Å²) in [4.78, 5) is 23.9. The fourth-order valence-corrected chi connectivity index (χ4v) is 6.00. The molecule has 0 unspecified atom stereocenters. The van der Waals surface area contributed by atoms with Crippen molar-refractivity contribution in [3.63, 3.8) is 0 Å². The molecule has 130 valence electrons. The van der Waals surface area contributed by atoms with E-state index in [0.29, 0.717) is 35.9 Å². The molecule has 0 aliphatic heterocycles. The number of carbonyl (C=O) groups excluding carboxylic acids is 2. The zero-order valence-corrected chi connectivity index (χ0v) is 14.8. The minimum absolute atomic E-state index is 0.0428. The topological polar surface area (TPSA) is 43.4 Å². The Labute approximate surface area is 144 Å². The molecule has 0 amide bonds. The highest BCUT2D eigenvalue weighted by atomic mass is 16.5. The third-order valence-electron chi connectivity index (χ3n) is 7.34. The van der Waals surface area contributed by atoms with Gasteiger partial charge in [0, 0.05) is 24.7 Å². The zero-order valence-electron chi connectivity index (χ0n) is 14.8. The standard InChI is InChI=1S/C21H28O3/c1-3-20(23)24-14-5-7-15-13(12-14)4-6-17-16(15)10-11-21(2)18(17)8-9-19(21)22/h4,12,15-18H,3,5-11H2,1-2H3/t15-,16+,17+,18-,21-/m0/s1. The van der Waals surface area contributed by atoms with E-state index in [1.165, 1.54) is 12.0 Å². The zero-order chi connectivity index (χ0) is 16.9. The van der Waals surface area contributed by atoms with Crippen LogP contribution >= 0.6 is 0 Å². The molecule has 0 aromatic carbocycles. The molecule has 0 bridgehead atoms. The van der Waals surface area contributed by atoms with Gasteiger partial charge >= 0.3 is 5.97 Å². The Balaban J connectivity index is 1.56. The van der Waals surface area contributed by atoms with E-state index in [4.69, 9.17) is 4.74 Å². The molecule has 2 fully saturated rings. The predicted octanol–water partition coefficient (Wildman–Crippen LogP) is 4.58. The van der Waals surface area contributed by atoms with Gasteiger partial charge < -0.3 is 4.74 Å². The van der Waals surface area contributed by atoms with E-state index < -0.39 is 0 Å². The SMILES string of the molecule is CCC(=O)OC1=CC2=CC[C@@H]3[C@H](CC[C@]4(C)C(=O)CC[C@@H]34)[C@H]2CC1. The summed E-state index contributed by atoms with van der Waals surface area (Å²) in [5.41, 5.74) is 1.34. The average Bonchev–Trinajstić information content (AvgIpc) is 2.89. The van der Waals surface area contributed by atoms with Crippen molar-refractivity contribution in [2.45, 2.75) is 65.2 Å². The molecule has 3 heteroatoms. The maximum absolute atomic E-state index is 12.4. The molecule has 3 nitrogen and oxygen atoms in total. The molecule has 0 saturated heterocycles. The monoisotopic (exact) mass is 328 g/mol. The van der Waals surface area contributed by atoms with Gasteiger partial charge in [0.15, 0.2) is 0 Å². The van der Waals surface area contributed by atoms with Gasteiger partial charge in [0.1, 0.15) is 11.5 Å². The fraction of sp³-hybridized carbons (Fsp3) is 0.714. The lowest BCUT2D eigenvalue weighted by Gasteiger charge is -2.50. The Kier molecular flexibility index (Phi) is 3.93. The van der Waals surface area contributed by atoms with Gasteiger partial charge in [0.2, 0.25) is 0 Å². The van der Waals surface area contributed by atoms with Crippen LogP contribution in [0, 0.1) is 29.1 Å². The maximum Gasteiger partial charge on any atom is 0.310 e. The second-order valence-corrected chi connectivity index (χ2v) is 8.38. The van der Waals surface area contributed by atoms with Crippen LogP contribution in [0.2, 0.25) is 0 Å². The van der Waals surface area contributed by atoms with Gasteiger partial charge in [0.25, 0.3) is 0 Å². The number of ether oxygens (including phenoxy) is 1. The molecule has 2 saturated carbocycles. The maximum atomic E-state index is 12.4. The first kappa shape index (κ1) is 16.1. The first-order chi connectivity index (χ1) is 11.5. The van der Waals surface area contributed by atoms with Crippen molar-refractivity contribution in [1.82, 2.24) is 0 Å². The van der Waals surface area contributed by atoms with Crippen LogP contribution < -0.4 is 0 Å². The molecule has 0 aromatic rings. The molecule has 5 atom stereocenters. The van der Waals surface area contributed by atoms with Crippen LogP contribution in [-0.4, -0.2) is 11.8 Å². The molecule has 4 rings (SSSR count). The highest BCUT2D eigenvalue weighted by molar-refractivity contribution is 5.87. The second kappa shape index (κ2) is 5.86. The third-order valence-corrected chi connectivity index (χ3v) is 7.34. The van der Waals surface area contributed by atoms with Crippen LogP contribution in [-0.2, 0) is 14.3 Å². The largest absolute Gasteiger partial charge is 0.431 e. The number of hydrogen-bond acceptors (Lipinski definition) is 3. The van der Waals surface area contributed by atoms with Crippen molar-refractivity contribution in [2.24, 2.45) is 29.1 Å². The minimum atomic E-state index is -0.133. The van der Waals surface area contributed by atoms with E-state index in [1.807, 2.05) is 6.92 Å². The molecule has 0 spiro atoms. The van der Waals surface area contributed by atoms with E-state index in [-0.39, 0.29) is 11.4 Å². The van der Waals surface area contributed by atoms with Crippen LogP contribution in [0.15, 0.2) is 23.5 Å². The van der Waals surface area contributed by atoms with E-state index in [1.54, 1.807) is 0 Å². The lowest BCUT2D eigenvalue weighted by atomic mass is 9.53. The number of esters is 1. The number of ketones is 1. The summed E-state index contributed by atoms with van der Waals surface area (Å²) < 4.78 is 5.46. The summed E-state index contributed by atoms with van der Waals surface area (Å²) in [5, 5.41) is 0. The summed E-state index contributed by atoms with van der Waals surface area (Å²) >= 11 is 0. The van der Waals surface area contributed by atoms with Gasteiger partial charge in [-0.2, -0.15) is 0 Å². The van der Waals surface area contributed by atoms with E-state index >= 15 is 0 Å². The Bertz CT molecular complexity index is 629. The smallest absolute Gasteiger partial charge is 0.310 e. The Morgan fingerprint density at radius 1 is 1.25 bits per heavy atom. The van der Waals surface area contributed by atoms with Crippen molar-refractivity contribution < 1.29 is 14.3 Å². The predicted molar refractivity (Wildman–Crippen MR) is 91.9 cm³/mol. The van der Waals surface area contributed by atoms with Crippen LogP contribution in [0.3, 0.4) is 0 Å². The van der Waals surface area contributed by atoms with Crippen molar-refractivity contribution in [3.8, 4) is 0 Å². The number of fused-ring (bicyclic) bond motifs is 5. The van der Waals surface area contributed by atoms with E-state index in [0.717, 1.165) is 44.3 Å². The second-order valence-electron chi connectivity index (χ2n) is 8.38. The average molecular weight is 328 g/mol. The molecule has 4 aliphatic rings. The molecule has 4 aliphatic carbocycles. The summed E-state index contributed by atoms with van der Waals surface area (Å²) in [7, 11) is 0. The molecule has 0 heterocycles. The van der Waals surface area contributed by atoms with Gasteiger partial charge in [0.05, 0.1) is 0 Å². The molecule has 0 aromatic heterocycles. The van der Waals surface area contributed by atoms with Crippen LogP contribution in [0.1, 0.15) is 65.2 Å². The first-order valence-electron chi connectivity index (χ1n) is 9.67. The number of allylic oxidation sites excluding steroid dienone is 4. The summed E-state index contributed by atoms with van der Waals surface area (Å²) in [6, 6.07) is 0. The Morgan fingerprint density at radius 2 is 2.08 bits per heavy atom. The summed E-state index contributed by atoms with van der Waals surface area (Å²) in [5.74, 6) is 3.81. The van der Waals surface area contributed by atoms with Crippen LogP contribution in [0.5, 0.6) is 0 Å². The van der Waals surface area contributed by atoms with Crippen molar-refractivity contribution >= 4 is 11.8 Å². The molecule has 24 heavy (non-hydrogen) atoms. The van der Waals surface area contributed by atoms with Crippen LogP contribution in [0.25, 0.3) is 0 Å². The Hall–Kier alpha value is -1.38. The lowest BCUT2D eigenvalue weighted by Crippen LogP contribution is -2.45. The van der Waals surface area contributed by atoms with Crippen LogP contribution in [0.4, 0.5) is 0 Å². The fourth-order valence-electron chi connectivity index (χ4n) is 6.00. The van der Waals surface area contributed by atoms with Gasteiger partial charge in [-0.3, -0.25) is 9.59 Å². The molecule has 0 N–H and O–H groups in total. The number of hydrogen-bond donors (Lipinski definition) is 0. The van der Waals surface area contributed by atoms with Gasteiger partial charge in [-0.25, -0.2) is 0 Å². The minimum Gasteiger partial charge on any atom is -0.431 e. The van der Waals surface area contributed by atoms with Gasteiger partial charge in [-0.1, -0.05) is 19.9 Å². The van der Waals surface area contributed by atoms with Gasteiger partial charge in [-0.05, 0) is 67.4 Å². The van der Waals surface area contributed by atoms with Gasteiger partial charge in [-0.15, -0.1) is 0 Å². The Morgan fingerprint density at radius 3 is 2.88 bits per heavy atom. The number of carbonyl (C=O) groups is 2. The highest BCUT2D eigenvalue weighted by Gasteiger charge is 2.55. The third kappa shape index (κ3) is 2.39. The van der Waals surface area contributed by atoms with E-state index in [2.05, 4.69) is 19.1 Å². The molecular formula is C21H28O3. The first-order valence-corrected chi connectivity index (χ1v) is 9.67. The normalized spacial score (nSPS) is 40.8. The summed E-state index contributed by atoms with van der Waals surface area (Å²) in [6.45, 7) is 4.06. The van der Waals surface area contributed by atoms with Crippen molar-refractivity contribution in [1.29, 1.82) is 0 Å². The van der Waals surface area contributed by atoms with E-state index in [9.17, 15) is 9.59 Å². The van der Waals surface area contributed by atoms with Crippen molar-refractivity contribution in [2.75, 3.05) is 0 Å². The quantitative estimate of drug-likeness (QED) is 0.697. The number of rotatable bonds is 2. The highest BCUT2D eigenvalue weighted by Crippen LogP contribution is 2.59. The molecule has 0 radical (unpaired) electrons. The number of Topliss-reactive ketones (excluding diaryl/α,β-unsaturated/α-hetero) is 1. The summed E-state index contributed by atoms with van der Waals surface area (Å²) in [6.07, 6.45) is 12.1. The molecular weight excluding hydrogens is 300 g/mol.